The number of hydrogen-bond donors (Lipinski definition) is 2. The third-order valence-electron chi connectivity index (χ3n) is 3.34. The number of rotatable bonds is 6. The van der Waals surface area contributed by atoms with Crippen LogP contribution in [-0.4, -0.2) is 37.0 Å². The summed E-state index contributed by atoms with van der Waals surface area (Å²) >= 11 is 0. The van der Waals surface area contributed by atoms with E-state index in [9.17, 15) is 5.11 Å². The fourth-order valence-corrected chi connectivity index (χ4v) is 2.15. The molecule has 1 rings (SSSR count). The summed E-state index contributed by atoms with van der Waals surface area (Å²) in [7, 11) is 0. The molecule has 1 fully saturated rings. The molecule has 1 aliphatic heterocycles. The van der Waals surface area contributed by atoms with Crippen LogP contribution in [0.25, 0.3) is 0 Å². The molecule has 3 unspecified atom stereocenters. The van der Waals surface area contributed by atoms with Gasteiger partial charge in [0, 0.05) is 25.1 Å². The molecule has 1 saturated heterocycles. The van der Waals surface area contributed by atoms with E-state index in [-0.39, 0.29) is 6.10 Å². The van der Waals surface area contributed by atoms with Crippen molar-refractivity contribution in [1.82, 2.24) is 5.32 Å². The lowest BCUT2D eigenvalue weighted by atomic mass is 9.99. The van der Waals surface area contributed by atoms with Gasteiger partial charge < -0.3 is 15.2 Å². The third-order valence-corrected chi connectivity index (χ3v) is 3.34. The van der Waals surface area contributed by atoms with Crippen LogP contribution in [0.15, 0.2) is 0 Å². The van der Waals surface area contributed by atoms with Gasteiger partial charge in [0.1, 0.15) is 0 Å². The molecule has 1 heterocycles. The molecule has 0 aromatic carbocycles. The number of aliphatic hydroxyl groups excluding tert-OH is 1. The van der Waals surface area contributed by atoms with Crippen molar-refractivity contribution in [2.24, 2.45) is 11.8 Å². The smallest absolute Gasteiger partial charge is 0.0715 e. The molecule has 0 bridgehead atoms. The quantitative estimate of drug-likeness (QED) is 0.704. The molecular weight excluding hydrogens is 190 g/mol. The van der Waals surface area contributed by atoms with Crippen LogP contribution >= 0.6 is 0 Å². The molecule has 0 aromatic heterocycles. The van der Waals surface area contributed by atoms with Crippen LogP contribution in [0.2, 0.25) is 0 Å². The zero-order valence-electron chi connectivity index (χ0n) is 10.2. The fourth-order valence-electron chi connectivity index (χ4n) is 2.15. The highest BCUT2D eigenvalue weighted by Gasteiger charge is 2.24. The first-order valence-electron chi connectivity index (χ1n) is 6.14. The first kappa shape index (κ1) is 12.9. The molecule has 3 atom stereocenters. The molecular formula is C12H25NO2. The second-order valence-electron chi connectivity index (χ2n) is 4.86. The largest absolute Gasteiger partial charge is 0.391 e. The molecule has 15 heavy (non-hydrogen) atoms. The van der Waals surface area contributed by atoms with E-state index in [0.29, 0.717) is 24.4 Å². The molecule has 0 spiro atoms. The molecule has 0 aliphatic carbocycles. The van der Waals surface area contributed by atoms with E-state index >= 15 is 0 Å². The van der Waals surface area contributed by atoms with E-state index < -0.39 is 0 Å². The average Bonchev–Trinajstić information content (AvgIpc) is 2.70. The summed E-state index contributed by atoms with van der Waals surface area (Å²) in [4.78, 5) is 0. The van der Waals surface area contributed by atoms with E-state index in [1.165, 1.54) is 0 Å². The Labute approximate surface area is 93.2 Å². The molecule has 0 aromatic rings. The summed E-state index contributed by atoms with van der Waals surface area (Å²) in [6, 6.07) is 0.516. The highest BCUT2D eigenvalue weighted by atomic mass is 16.5. The van der Waals surface area contributed by atoms with Gasteiger partial charge in [-0.15, -0.1) is 0 Å². The van der Waals surface area contributed by atoms with E-state index in [1.54, 1.807) is 0 Å². The molecule has 2 N–H and O–H groups in total. The van der Waals surface area contributed by atoms with Crippen molar-refractivity contribution in [2.75, 3.05) is 19.8 Å². The van der Waals surface area contributed by atoms with Crippen molar-refractivity contribution in [3.63, 3.8) is 0 Å². The second-order valence-corrected chi connectivity index (χ2v) is 4.86. The zero-order valence-corrected chi connectivity index (χ0v) is 10.2. The van der Waals surface area contributed by atoms with Gasteiger partial charge in [-0.3, -0.25) is 0 Å². The molecule has 0 saturated carbocycles. The zero-order chi connectivity index (χ0) is 11.3. The van der Waals surface area contributed by atoms with Gasteiger partial charge in [-0.2, -0.15) is 0 Å². The molecule has 3 heteroatoms. The minimum atomic E-state index is -0.250. The lowest BCUT2D eigenvalue weighted by Gasteiger charge is -2.24. The first-order chi connectivity index (χ1) is 7.15. The van der Waals surface area contributed by atoms with Crippen molar-refractivity contribution in [3.8, 4) is 0 Å². The molecule has 0 amide bonds. The van der Waals surface area contributed by atoms with Crippen molar-refractivity contribution >= 4 is 0 Å². The van der Waals surface area contributed by atoms with Gasteiger partial charge in [-0.25, -0.2) is 0 Å². The monoisotopic (exact) mass is 215 g/mol. The summed E-state index contributed by atoms with van der Waals surface area (Å²) in [6.07, 6.45) is 1.87. The van der Waals surface area contributed by atoms with Gasteiger partial charge in [0.15, 0.2) is 0 Å². The van der Waals surface area contributed by atoms with Crippen LogP contribution in [0.1, 0.15) is 33.6 Å². The topological polar surface area (TPSA) is 41.5 Å². The minimum absolute atomic E-state index is 0.250. The SMILES string of the molecule is CCC(NCC(O)C1CCOC1)C(C)C. The Bertz CT molecular complexity index is 167. The van der Waals surface area contributed by atoms with Gasteiger partial charge in [-0.1, -0.05) is 20.8 Å². The van der Waals surface area contributed by atoms with Crippen LogP contribution in [-0.2, 0) is 4.74 Å². The summed E-state index contributed by atoms with van der Waals surface area (Å²) in [5.41, 5.74) is 0. The average molecular weight is 215 g/mol. The number of aliphatic hydroxyl groups is 1. The van der Waals surface area contributed by atoms with E-state index in [0.717, 1.165) is 26.1 Å². The highest BCUT2D eigenvalue weighted by molar-refractivity contribution is 4.77. The summed E-state index contributed by atoms with van der Waals surface area (Å²) < 4.78 is 5.27. The van der Waals surface area contributed by atoms with Crippen LogP contribution in [0.4, 0.5) is 0 Å². The lowest BCUT2D eigenvalue weighted by molar-refractivity contribution is 0.0865. The maximum atomic E-state index is 9.93. The Balaban J connectivity index is 2.22. The van der Waals surface area contributed by atoms with Gasteiger partial charge >= 0.3 is 0 Å². The molecule has 1 aliphatic rings. The highest BCUT2D eigenvalue weighted by Crippen LogP contribution is 2.16. The van der Waals surface area contributed by atoms with Crippen LogP contribution in [0.3, 0.4) is 0 Å². The van der Waals surface area contributed by atoms with E-state index in [1.807, 2.05) is 0 Å². The maximum absolute atomic E-state index is 9.93. The van der Waals surface area contributed by atoms with Crippen LogP contribution in [0, 0.1) is 11.8 Å². The Morgan fingerprint density at radius 3 is 2.67 bits per heavy atom. The summed E-state index contributed by atoms with van der Waals surface area (Å²) in [5, 5.41) is 13.4. The van der Waals surface area contributed by atoms with Gasteiger partial charge in [0.05, 0.1) is 12.7 Å². The standard InChI is InChI=1S/C12H25NO2/c1-4-11(9(2)3)13-7-12(14)10-5-6-15-8-10/h9-14H,4-8H2,1-3H3. The van der Waals surface area contributed by atoms with Crippen molar-refractivity contribution in [1.29, 1.82) is 0 Å². The fraction of sp³-hybridized carbons (Fsp3) is 1.00. The Hall–Kier alpha value is -0.120. The summed E-state index contributed by atoms with van der Waals surface area (Å²) in [5.74, 6) is 0.962. The minimum Gasteiger partial charge on any atom is -0.391 e. The third kappa shape index (κ3) is 4.09. The number of ether oxygens (including phenoxy) is 1. The van der Waals surface area contributed by atoms with Crippen molar-refractivity contribution in [3.05, 3.63) is 0 Å². The Morgan fingerprint density at radius 1 is 1.47 bits per heavy atom. The van der Waals surface area contributed by atoms with Crippen molar-refractivity contribution < 1.29 is 9.84 Å². The normalized spacial score (nSPS) is 25.8. The summed E-state index contributed by atoms with van der Waals surface area (Å²) in [6.45, 7) is 8.84. The van der Waals surface area contributed by atoms with Crippen molar-refractivity contribution in [2.45, 2.75) is 45.8 Å². The molecule has 0 radical (unpaired) electrons. The predicted molar refractivity (Wildman–Crippen MR) is 61.9 cm³/mol. The van der Waals surface area contributed by atoms with Crippen LogP contribution in [0.5, 0.6) is 0 Å². The van der Waals surface area contributed by atoms with E-state index in [4.69, 9.17) is 4.74 Å². The molecule has 3 nitrogen and oxygen atoms in total. The van der Waals surface area contributed by atoms with Crippen LogP contribution < -0.4 is 5.32 Å². The number of hydrogen-bond acceptors (Lipinski definition) is 3. The molecule has 90 valence electrons. The van der Waals surface area contributed by atoms with Gasteiger partial charge in [0.25, 0.3) is 0 Å². The van der Waals surface area contributed by atoms with Gasteiger partial charge in [0.2, 0.25) is 0 Å². The van der Waals surface area contributed by atoms with Gasteiger partial charge in [-0.05, 0) is 18.8 Å². The first-order valence-corrected chi connectivity index (χ1v) is 6.14. The predicted octanol–water partition coefficient (Wildman–Crippen LogP) is 1.41. The Kier molecular flexibility index (Phi) is 5.58. The Morgan fingerprint density at radius 2 is 2.20 bits per heavy atom. The second kappa shape index (κ2) is 6.46. The number of nitrogens with one attached hydrogen (secondary N) is 1. The lowest BCUT2D eigenvalue weighted by Crippen LogP contribution is -2.41. The maximum Gasteiger partial charge on any atom is 0.0715 e. The van der Waals surface area contributed by atoms with E-state index in [2.05, 4.69) is 26.1 Å².